The Labute approximate surface area is 141 Å². The van der Waals surface area contributed by atoms with E-state index in [4.69, 9.17) is 4.98 Å². The molecule has 1 aromatic heterocycles. The average Bonchev–Trinajstić information content (AvgIpc) is 3.05. The Kier molecular flexibility index (Phi) is 5.28. The molecule has 0 bridgehead atoms. The van der Waals surface area contributed by atoms with Crippen molar-refractivity contribution in [1.29, 1.82) is 0 Å². The lowest BCUT2D eigenvalue weighted by Crippen LogP contribution is -2.21. The van der Waals surface area contributed by atoms with E-state index in [1.807, 2.05) is 31.2 Å². The van der Waals surface area contributed by atoms with E-state index in [9.17, 15) is 4.79 Å². The zero-order valence-corrected chi connectivity index (χ0v) is 14.3. The van der Waals surface area contributed by atoms with Crippen molar-refractivity contribution in [2.45, 2.75) is 51.5 Å². The summed E-state index contributed by atoms with van der Waals surface area (Å²) < 4.78 is 0. The summed E-state index contributed by atoms with van der Waals surface area (Å²) in [6, 6.07) is 8.44. The summed E-state index contributed by atoms with van der Waals surface area (Å²) in [6.07, 6.45) is 7.00. The van der Waals surface area contributed by atoms with Crippen LogP contribution >= 0.6 is 11.3 Å². The van der Waals surface area contributed by atoms with Crippen LogP contribution in [0, 0.1) is 0 Å². The molecular formula is C18H23N3OS. The highest BCUT2D eigenvalue weighted by Gasteiger charge is 2.14. The molecule has 0 radical (unpaired) electrons. The molecule has 0 spiro atoms. The minimum Gasteiger partial charge on any atom is -0.359 e. The van der Waals surface area contributed by atoms with Crippen LogP contribution in [-0.2, 0) is 4.79 Å². The number of rotatable bonds is 5. The third-order valence-electron chi connectivity index (χ3n) is 4.22. The van der Waals surface area contributed by atoms with Gasteiger partial charge in [-0.05, 0) is 25.0 Å². The number of amides is 1. The van der Waals surface area contributed by atoms with Crippen molar-refractivity contribution in [3.63, 3.8) is 0 Å². The normalized spacial score (nSPS) is 15.3. The maximum atomic E-state index is 11.4. The maximum absolute atomic E-state index is 11.4. The highest BCUT2D eigenvalue weighted by atomic mass is 32.1. The lowest BCUT2D eigenvalue weighted by atomic mass is 9.96. The molecule has 4 nitrogen and oxygen atoms in total. The first-order valence-corrected chi connectivity index (χ1v) is 9.25. The van der Waals surface area contributed by atoms with Gasteiger partial charge in [-0.1, -0.05) is 38.3 Å². The average molecular weight is 329 g/mol. The van der Waals surface area contributed by atoms with Crippen LogP contribution in [0.1, 0.15) is 45.4 Å². The number of thiazole rings is 1. The van der Waals surface area contributed by atoms with Crippen LogP contribution in [-0.4, -0.2) is 16.9 Å². The number of anilines is 2. The van der Waals surface area contributed by atoms with Crippen molar-refractivity contribution in [3.05, 3.63) is 29.6 Å². The van der Waals surface area contributed by atoms with Gasteiger partial charge < -0.3 is 10.6 Å². The van der Waals surface area contributed by atoms with Crippen LogP contribution in [0.5, 0.6) is 0 Å². The maximum Gasteiger partial charge on any atom is 0.224 e. The number of benzene rings is 1. The SMILES string of the molecule is CCC(=O)Nc1ccc(-c2csc(NC3CCCCC3)n2)cc1. The predicted octanol–water partition coefficient (Wildman–Crippen LogP) is 4.90. The first-order chi connectivity index (χ1) is 11.2. The summed E-state index contributed by atoms with van der Waals surface area (Å²) in [5, 5.41) is 9.52. The van der Waals surface area contributed by atoms with Gasteiger partial charge in [-0.3, -0.25) is 4.79 Å². The van der Waals surface area contributed by atoms with Crippen molar-refractivity contribution in [2.75, 3.05) is 10.6 Å². The Morgan fingerprint density at radius 2 is 1.96 bits per heavy atom. The lowest BCUT2D eigenvalue weighted by molar-refractivity contribution is -0.115. The van der Waals surface area contributed by atoms with Crippen LogP contribution in [0.25, 0.3) is 11.3 Å². The van der Waals surface area contributed by atoms with E-state index >= 15 is 0 Å². The Bertz CT molecular complexity index is 645. The molecular weight excluding hydrogens is 306 g/mol. The van der Waals surface area contributed by atoms with Crippen molar-refractivity contribution in [1.82, 2.24) is 4.98 Å². The third-order valence-corrected chi connectivity index (χ3v) is 5.00. The molecule has 0 saturated heterocycles. The minimum absolute atomic E-state index is 0.0328. The van der Waals surface area contributed by atoms with Crippen molar-refractivity contribution < 1.29 is 4.79 Å². The molecule has 1 aliphatic carbocycles. The molecule has 0 atom stereocenters. The van der Waals surface area contributed by atoms with Crippen LogP contribution in [0.15, 0.2) is 29.6 Å². The van der Waals surface area contributed by atoms with E-state index in [-0.39, 0.29) is 5.91 Å². The Morgan fingerprint density at radius 3 is 2.65 bits per heavy atom. The molecule has 1 saturated carbocycles. The molecule has 2 N–H and O–H groups in total. The topological polar surface area (TPSA) is 54.0 Å². The van der Waals surface area contributed by atoms with Crippen LogP contribution < -0.4 is 10.6 Å². The van der Waals surface area contributed by atoms with Gasteiger partial charge in [0.1, 0.15) is 0 Å². The first-order valence-electron chi connectivity index (χ1n) is 8.37. The van der Waals surface area contributed by atoms with Gasteiger partial charge in [-0.25, -0.2) is 4.98 Å². The first kappa shape index (κ1) is 16.0. The number of carbonyl (C=O) groups excluding carboxylic acids is 1. The van der Waals surface area contributed by atoms with Crippen molar-refractivity contribution in [3.8, 4) is 11.3 Å². The smallest absolute Gasteiger partial charge is 0.224 e. The number of hydrogen-bond acceptors (Lipinski definition) is 4. The van der Waals surface area contributed by atoms with Gasteiger partial charge in [0.2, 0.25) is 5.91 Å². The molecule has 0 unspecified atom stereocenters. The van der Waals surface area contributed by atoms with E-state index in [0.29, 0.717) is 12.5 Å². The fourth-order valence-electron chi connectivity index (χ4n) is 2.87. The summed E-state index contributed by atoms with van der Waals surface area (Å²) in [5.74, 6) is 0.0328. The number of hydrogen-bond donors (Lipinski definition) is 2. The second kappa shape index (κ2) is 7.59. The Balaban J connectivity index is 1.64. The molecule has 122 valence electrons. The fraction of sp³-hybridized carbons (Fsp3) is 0.444. The molecule has 5 heteroatoms. The summed E-state index contributed by atoms with van der Waals surface area (Å²) in [6.45, 7) is 1.85. The molecule has 1 aromatic carbocycles. The third kappa shape index (κ3) is 4.32. The Morgan fingerprint density at radius 1 is 1.22 bits per heavy atom. The molecule has 1 heterocycles. The van der Waals surface area contributed by atoms with Gasteiger partial charge in [-0.15, -0.1) is 11.3 Å². The second-order valence-corrected chi connectivity index (χ2v) is 6.85. The summed E-state index contributed by atoms with van der Waals surface area (Å²) in [4.78, 5) is 16.1. The van der Waals surface area contributed by atoms with Gasteiger partial charge in [0.05, 0.1) is 5.69 Å². The van der Waals surface area contributed by atoms with Gasteiger partial charge in [0.15, 0.2) is 5.13 Å². The molecule has 0 aliphatic heterocycles. The van der Waals surface area contributed by atoms with Crippen LogP contribution in [0.2, 0.25) is 0 Å². The summed E-state index contributed by atoms with van der Waals surface area (Å²) >= 11 is 1.66. The largest absolute Gasteiger partial charge is 0.359 e. The van der Waals surface area contributed by atoms with Gasteiger partial charge in [0, 0.05) is 29.1 Å². The highest BCUT2D eigenvalue weighted by Crippen LogP contribution is 2.28. The number of carbonyl (C=O) groups is 1. The van der Waals surface area contributed by atoms with Crippen molar-refractivity contribution >= 4 is 28.1 Å². The second-order valence-electron chi connectivity index (χ2n) is 6.00. The predicted molar refractivity (Wildman–Crippen MR) is 97.0 cm³/mol. The van der Waals surface area contributed by atoms with Crippen LogP contribution in [0.4, 0.5) is 10.8 Å². The Hall–Kier alpha value is -1.88. The minimum atomic E-state index is 0.0328. The van der Waals surface area contributed by atoms with E-state index < -0.39 is 0 Å². The molecule has 1 amide bonds. The van der Waals surface area contributed by atoms with E-state index in [1.165, 1.54) is 32.1 Å². The van der Waals surface area contributed by atoms with Gasteiger partial charge >= 0.3 is 0 Å². The van der Waals surface area contributed by atoms with Gasteiger partial charge in [-0.2, -0.15) is 0 Å². The molecule has 2 aromatic rings. The number of aromatic nitrogens is 1. The monoisotopic (exact) mass is 329 g/mol. The zero-order valence-electron chi connectivity index (χ0n) is 13.5. The zero-order chi connectivity index (χ0) is 16.1. The lowest BCUT2D eigenvalue weighted by Gasteiger charge is -2.22. The molecule has 3 rings (SSSR count). The standard InChI is InChI=1S/C18H23N3OS/c1-2-17(22)19-15-10-8-13(9-11-15)16-12-23-18(21-16)20-14-6-4-3-5-7-14/h8-12,14H,2-7H2,1H3,(H,19,22)(H,20,21). The quantitative estimate of drug-likeness (QED) is 0.820. The molecule has 23 heavy (non-hydrogen) atoms. The molecule has 1 aliphatic rings. The van der Waals surface area contributed by atoms with E-state index in [0.717, 1.165) is 22.1 Å². The number of nitrogens with zero attached hydrogens (tertiary/aromatic N) is 1. The van der Waals surface area contributed by atoms with E-state index in [2.05, 4.69) is 16.0 Å². The summed E-state index contributed by atoms with van der Waals surface area (Å²) in [7, 11) is 0. The van der Waals surface area contributed by atoms with Crippen LogP contribution in [0.3, 0.4) is 0 Å². The fourth-order valence-corrected chi connectivity index (χ4v) is 3.67. The van der Waals surface area contributed by atoms with E-state index in [1.54, 1.807) is 11.3 Å². The highest BCUT2D eigenvalue weighted by molar-refractivity contribution is 7.14. The van der Waals surface area contributed by atoms with Crippen molar-refractivity contribution in [2.24, 2.45) is 0 Å². The number of nitrogens with one attached hydrogen (secondary N) is 2. The molecule has 1 fully saturated rings. The van der Waals surface area contributed by atoms with Gasteiger partial charge in [0.25, 0.3) is 0 Å². The summed E-state index contributed by atoms with van der Waals surface area (Å²) in [5.41, 5.74) is 2.89.